The highest BCUT2D eigenvalue weighted by Gasteiger charge is 2.04. The third kappa shape index (κ3) is 1.75. The second kappa shape index (κ2) is 3.93. The van der Waals surface area contributed by atoms with Crippen molar-refractivity contribution in [2.75, 3.05) is 5.73 Å². The van der Waals surface area contributed by atoms with Crippen molar-refractivity contribution in [3.63, 3.8) is 0 Å². The molecule has 0 saturated heterocycles. The van der Waals surface area contributed by atoms with Gasteiger partial charge in [0.25, 0.3) is 0 Å². The predicted molar refractivity (Wildman–Crippen MR) is 54.7 cm³/mol. The molecule has 1 aromatic heterocycles. The van der Waals surface area contributed by atoms with Crippen LogP contribution in [-0.4, -0.2) is 10.6 Å². The predicted octanol–water partition coefficient (Wildman–Crippen LogP) is 1.41. The maximum atomic E-state index is 5.57. The van der Waals surface area contributed by atoms with Gasteiger partial charge in [-0.3, -0.25) is 0 Å². The fraction of sp³-hybridized carbons (Fsp3) is 0.100. The molecule has 2 aromatic rings. The number of nitrogens with zero attached hydrogens (tertiary/aromatic N) is 1. The van der Waals surface area contributed by atoms with Crippen LogP contribution in [0.4, 0.5) is 5.69 Å². The van der Waals surface area contributed by atoms with Gasteiger partial charge in [0.15, 0.2) is 0 Å². The summed E-state index contributed by atoms with van der Waals surface area (Å²) in [6.07, 6.45) is 1.63. The minimum atomic E-state index is 0. The lowest BCUT2D eigenvalue weighted by Gasteiger charge is -1.97. The van der Waals surface area contributed by atoms with Crippen molar-refractivity contribution in [2.45, 2.75) is 6.92 Å². The smallest absolute Gasteiger partial charge is 0.127 e. The molecule has 0 aliphatic heterocycles. The van der Waals surface area contributed by atoms with Crippen LogP contribution in [0.25, 0.3) is 11.3 Å². The van der Waals surface area contributed by atoms with Crippen molar-refractivity contribution >= 4 is 5.69 Å². The summed E-state index contributed by atoms with van der Waals surface area (Å²) >= 11 is 0. The lowest BCUT2D eigenvalue weighted by Crippen LogP contribution is -1.84. The molecule has 4 heteroatoms. The van der Waals surface area contributed by atoms with Crippen molar-refractivity contribution in [2.24, 2.45) is 0 Å². The molecule has 0 aliphatic rings. The van der Waals surface area contributed by atoms with Crippen molar-refractivity contribution in [3.05, 3.63) is 36.1 Å². The minimum absolute atomic E-state index is 0. The van der Waals surface area contributed by atoms with E-state index < -0.39 is 0 Å². The van der Waals surface area contributed by atoms with Gasteiger partial charge in [-0.15, -0.1) is 0 Å². The average molecular weight is 192 g/mol. The fourth-order valence-corrected chi connectivity index (χ4v) is 1.21. The van der Waals surface area contributed by atoms with Gasteiger partial charge in [0.2, 0.25) is 0 Å². The zero-order valence-corrected chi connectivity index (χ0v) is 7.82. The molecule has 4 nitrogen and oxygen atoms in total. The number of hydrogen-bond acceptors (Lipinski definition) is 3. The number of anilines is 1. The van der Waals surface area contributed by atoms with E-state index in [1.54, 1.807) is 6.26 Å². The Bertz CT molecular complexity index is 406. The highest BCUT2D eigenvalue weighted by molar-refractivity contribution is 5.63. The molecule has 0 fully saturated rings. The van der Waals surface area contributed by atoms with E-state index >= 15 is 0 Å². The van der Waals surface area contributed by atoms with Crippen LogP contribution in [0.3, 0.4) is 0 Å². The van der Waals surface area contributed by atoms with Crippen LogP contribution in [-0.2, 0) is 0 Å². The molecule has 1 aromatic carbocycles. The van der Waals surface area contributed by atoms with Crippen LogP contribution in [0.15, 0.2) is 35.1 Å². The van der Waals surface area contributed by atoms with Gasteiger partial charge in [-0.1, -0.05) is 17.3 Å². The minimum Gasteiger partial charge on any atom is -0.412 e. The lowest BCUT2D eigenvalue weighted by molar-refractivity contribution is 0.421. The Morgan fingerprint density at radius 3 is 2.36 bits per heavy atom. The van der Waals surface area contributed by atoms with E-state index in [1.165, 1.54) is 0 Å². The van der Waals surface area contributed by atoms with Gasteiger partial charge in [0.1, 0.15) is 12.0 Å². The molecule has 74 valence electrons. The first-order chi connectivity index (χ1) is 6.27. The van der Waals surface area contributed by atoms with Crippen LogP contribution < -0.4 is 5.73 Å². The summed E-state index contributed by atoms with van der Waals surface area (Å²) in [6, 6.07) is 7.56. The van der Waals surface area contributed by atoms with Crippen molar-refractivity contribution in [3.8, 4) is 11.3 Å². The van der Waals surface area contributed by atoms with E-state index in [2.05, 4.69) is 5.16 Å². The number of rotatable bonds is 1. The van der Waals surface area contributed by atoms with Crippen LogP contribution in [0, 0.1) is 6.92 Å². The molecule has 0 bridgehead atoms. The van der Waals surface area contributed by atoms with Crippen LogP contribution >= 0.6 is 0 Å². The third-order valence-corrected chi connectivity index (χ3v) is 1.93. The van der Waals surface area contributed by atoms with Gasteiger partial charge in [-0.2, -0.15) is 0 Å². The van der Waals surface area contributed by atoms with Gasteiger partial charge >= 0.3 is 0 Å². The third-order valence-electron chi connectivity index (χ3n) is 1.93. The van der Waals surface area contributed by atoms with E-state index in [0.717, 1.165) is 22.5 Å². The summed E-state index contributed by atoms with van der Waals surface area (Å²) in [5.74, 6) is 0. The molecule has 14 heavy (non-hydrogen) atoms. The van der Waals surface area contributed by atoms with E-state index in [9.17, 15) is 0 Å². The molecule has 2 rings (SSSR count). The van der Waals surface area contributed by atoms with Crippen LogP contribution in [0.2, 0.25) is 0 Å². The zero-order valence-electron chi connectivity index (χ0n) is 7.82. The molecule has 0 saturated carbocycles. The van der Waals surface area contributed by atoms with E-state index in [4.69, 9.17) is 10.3 Å². The Balaban J connectivity index is 0.000000980. The van der Waals surface area contributed by atoms with Crippen molar-refractivity contribution in [1.29, 1.82) is 0 Å². The van der Waals surface area contributed by atoms with Gasteiger partial charge in [-0.05, 0) is 19.1 Å². The topological polar surface area (TPSA) is 83.5 Å². The van der Waals surface area contributed by atoms with E-state index in [0.29, 0.717) is 0 Å². The molecular weight excluding hydrogens is 180 g/mol. The highest BCUT2D eigenvalue weighted by atomic mass is 16.5. The zero-order chi connectivity index (χ0) is 9.26. The first-order valence-electron chi connectivity index (χ1n) is 4.04. The Morgan fingerprint density at radius 2 is 1.86 bits per heavy atom. The molecule has 0 atom stereocenters. The van der Waals surface area contributed by atoms with E-state index in [-0.39, 0.29) is 5.48 Å². The summed E-state index contributed by atoms with van der Waals surface area (Å²) in [5.41, 5.74) is 9.26. The summed E-state index contributed by atoms with van der Waals surface area (Å²) in [5, 5.41) is 3.90. The molecule has 0 unspecified atom stereocenters. The highest BCUT2D eigenvalue weighted by Crippen LogP contribution is 2.21. The first-order valence-corrected chi connectivity index (χ1v) is 4.04. The number of hydrogen-bond donors (Lipinski definition) is 1. The second-order valence-corrected chi connectivity index (χ2v) is 2.97. The molecular formula is C10H12N2O2. The molecule has 0 radical (unpaired) electrons. The Morgan fingerprint density at radius 1 is 1.21 bits per heavy atom. The van der Waals surface area contributed by atoms with Gasteiger partial charge in [-0.25, -0.2) is 0 Å². The van der Waals surface area contributed by atoms with Gasteiger partial charge < -0.3 is 15.7 Å². The fourth-order valence-electron chi connectivity index (χ4n) is 1.21. The Labute approximate surface area is 81.6 Å². The Kier molecular flexibility index (Phi) is 2.89. The van der Waals surface area contributed by atoms with Crippen LogP contribution in [0.5, 0.6) is 0 Å². The Hall–Kier alpha value is -1.81. The summed E-state index contributed by atoms with van der Waals surface area (Å²) < 4.78 is 4.85. The summed E-state index contributed by atoms with van der Waals surface area (Å²) in [4.78, 5) is 0. The van der Waals surface area contributed by atoms with E-state index in [1.807, 2.05) is 31.2 Å². The second-order valence-electron chi connectivity index (χ2n) is 2.97. The summed E-state index contributed by atoms with van der Waals surface area (Å²) in [7, 11) is 0. The largest absolute Gasteiger partial charge is 0.412 e. The maximum Gasteiger partial charge on any atom is 0.127 e. The lowest BCUT2D eigenvalue weighted by atomic mass is 10.1. The normalized spacial score (nSPS) is 9.50. The quantitative estimate of drug-likeness (QED) is 0.693. The maximum absolute atomic E-state index is 5.57. The molecule has 0 amide bonds. The number of aryl methyl sites for hydroxylation is 1. The van der Waals surface area contributed by atoms with Gasteiger partial charge in [0.05, 0.1) is 0 Å². The number of nitrogens with two attached hydrogens (primary N) is 1. The molecule has 0 aliphatic carbocycles. The first kappa shape index (κ1) is 10.3. The average Bonchev–Trinajstić information content (AvgIpc) is 2.53. The molecule has 0 spiro atoms. The van der Waals surface area contributed by atoms with Crippen LogP contribution in [0.1, 0.15) is 5.56 Å². The molecule has 4 N–H and O–H groups in total. The van der Waals surface area contributed by atoms with Crippen molar-refractivity contribution < 1.29 is 10.00 Å². The number of aromatic nitrogens is 1. The molecule has 1 heterocycles. The SMILES string of the molecule is Cc1conc1-c1ccc(N)cc1.O. The monoisotopic (exact) mass is 192 g/mol. The number of benzene rings is 1. The number of nitrogen functional groups attached to an aromatic ring is 1. The van der Waals surface area contributed by atoms with Crippen molar-refractivity contribution in [1.82, 2.24) is 5.16 Å². The standard InChI is InChI=1S/C10H10N2O.H2O/c1-7-6-13-12-10(7)8-2-4-9(11)5-3-8;/h2-6H,11H2,1H3;1H2. The van der Waals surface area contributed by atoms with Gasteiger partial charge in [0, 0.05) is 16.8 Å². The summed E-state index contributed by atoms with van der Waals surface area (Å²) in [6.45, 7) is 1.96.